The average molecular weight is 508 g/mol. The van der Waals surface area contributed by atoms with Gasteiger partial charge in [0.05, 0.1) is 21.8 Å². The Morgan fingerprint density at radius 1 is 0.861 bits per heavy atom. The van der Waals surface area contributed by atoms with E-state index in [4.69, 9.17) is 0 Å². The van der Waals surface area contributed by atoms with Crippen LogP contribution in [-0.2, 0) is 14.8 Å². The van der Waals surface area contributed by atoms with Crippen LogP contribution in [-0.4, -0.2) is 32.8 Å². The van der Waals surface area contributed by atoms with Crippen molar-refractivity contribution in [2.45, 2.75) is 51.0 Å². The van der Waals surface area contributed by atoms with Gasteiger partial charge in [-0.2, -0.15) is 0 Å². The highest BCUT2D eigenvalue weighted by atomic mass is 32.2. The Kier molecular flexibility index (Phi) is 8.88. The van der Waals surface area contributed by atoms with Crippen LogP contribution >= 0.6 is 0 Å². The summed E-state index contributed by atoms with van der Waals surface area (Å²) in [6, 6.07) is 21.8. The van der Waals surface area contributed by atoms with Crippen LogP contribution in [0.2, 0.25) is 0 Å². The van der Waals surface area contributed by atoms with Crippen molar-refractivity contribution in [2.75, 3.05) is 16.2 Å². The van der Waals surface area contributed by atoms with E-state index in [1.165, 1.54) is 12.1 Å². The number of hydrogen-bond donors (Lipinski definition) is 2. The second-order valence-corrected chi connectivity index (χ2v) is 10.8. The van der Waals surface area contributed by atoms with Gasteiger partial charge in [0, 0.05) is 6.04 Å². The van der Waals surface area contributed by atoms with E-state index in [9.17, 15) is 18.0 Å². The van der Waals surface area contributed by atoms with E-state index in [-0.39, 0.29) is 22.8 Å². The summed E-state index contributed by atoms with van der Waals surface area (Å²) in [6.07, 6.45) is 0.766. The molecule has 3 rings (SSSR count). The molecule has 36 heavy (non-hydrogen) atoms. The molecule has 0 saturated carbocycles. The summed E-state index contributed by atoms with van der Waals surface area (Å²) < 4.78 is 28.2. The van der Waals surface area contributed by atoms with Gasteiger partial charge in [0.25, 0.3) is 15.9 Å². The molecular formula is C28H33N3O4S. The summed E-state index contributed by atoms with van der Waals surface area (Å²) >= 11 is 0. The highest BCUT2D eigenvalue weighted by Gasteiger charge is 2.27. The lowest BCUT2D eigenvalue weighted by molar-refractivity contribution is -0.114. The molecule has 2 amide bonds. The van der Waals surface area contributed by atoms with E-state index in [1.54, 1.807) is 54.6 Å². The lowest BCUT2D eigenvalue weighted by atomic mass is 10.0. The second kappa shape index (κ2) is 11.9. The van der Waals surface area contributed by atoms with Gasteiger partial charge in [-0.1, -0.05) is 63.2 Å². The Bertz CT molecular complexity index is 1290. The van der Waals surface area contributed by atoms with E-state index in [0.717, 1.165) is 16.3 Å². The number of nitrogens with one attached hydrogen (secondary N) is 2. The Balaban J connectivity index is 1.91. The normalized spacial score (nSPS) is 12.1. The second-order valence-electron chi connectivity index (χ2n) is 8.95. The number of benzene rings is 3. The van der Waals surface area contributed by atoms with E-state index in [2.05, 4.69) is 24.5 Å². The maximum Gasteiger partial charge on any atom is 0.264 e. The summed E-state index contributed by atoms with van der Waals surface area (Å²) in [4.78, 5) is 26.0. The van der Waals surface area contributed by atoms with Crippen LogP contribution in [0.15, 0.2) is 83.8 Å². The summed E-state index contributed by atoms with van der Waals surface area (Å²) in [7, 11) is -4.03. The van der Waals surface area contributed by atoms with Gasteiger partial charge in [-0.05, 0) is 61.2 Å². The third kappa shape index (κ3) is 6.51. The molecule has 3 aromatic rings. The van der Waals surface area contributed by atoms with Gasteiger partial charge in [0.2, 0.25) is 5.91 Å². The fourth-order valence-corrected chi connectivity index (χ4v) is 5.02. The molecule has 3 aromatic carbocycles. The van der Waals surface area contributed by atoms with Crippen molar-refractivity contribution in [3.05, 3.63) is 90.0 Å². The Hall–Kier alpha value is -3.65. The maximum absolute atomic E-state index is 13.6. The van der Waals surface area contributed by atoms with Gasteiger partial charge >= 0.3 is 0 Å². The number of hydrogen-bond acceptors (Lipinski definition) is 4. The van der Waals surface area contributed by atoms with Crippen molar-refractivity contribution >= 4 is 33.2 Å². The molecule has 8 heteroatoms. The topological polar surface area (TPSA) is 95.6 Å². The smallest absolute Gasteiger partial charge is 0.264 e. The quantitative estimate of drug-likeness (QED) is 0.396. The van der Waals surface area contributed by atoms with E-state index >= 15 is 0 Å². The molecule has 0 aromatic heterocycles. The molecule has 7 nitrogen and oxygen atoms in total. The predicted molar refractivity (Wildman–Crippen MR) is 144 cm³/mol. The monoisotopic (exact) mass is 507 g/mol. The first-order valence-electron chi connectivity index (χ1n) is 12.0. The van der Waals surface area contributed by atoms with Crippen molar-refractivity contribution in [1.82, 2.24) is 5.32 Å². The number of anilines is 2. The molecule has 0 fully saturated rings. The summed E-state index contributed by atoms with van der Waals surface area (Å²) in [5, 5.41) is 5.62. The molecule has 0 aliphatic rings. The van der Waals surface area contributed by atoms with Gasteiger partial charge in [-0.25, -0.2) is 8.42 Å². The molecule has 0 radical (unpaired) electrons. The van der Waals surface area contributed by atoms with Gasteiger partial charge in [0.1, 0.15) is 6.54 Å². The highest BCUT2D eigenvalue weighted by Crippen LogP contribution is 2.26. The predicted octanol–water partition coefficient (Wildman–Crippen LogP) is 5.17. The van der Waals surface area contributed by atoms with E-state index in [0.29, 0.717) is 16.9 Å². The van der Waals surface area contributed by atoms with Crippen LogP contribution in [0.5, 0.6) is 0 Å². The standard InChI is InChI=1S/C28H33N3O4S/c1-5-21(4)29-28(33)25-13-9-10-14-26(25)30-27(32)19-31(23-17-15-22(16-18-23)20(2)3)36(34,35)24-11-7-6-8-12-24/h6-18,20-21H,5,19H2,1-4H3,(H,29,33)(H,30,32)/t21-/m0/s1. The third-order valence-corrected chi connectivity index (χ3v) is 7.69. The van der Waals surface area contributed by atoms with Crippen molar-refractivity contribution < 1.29 is 18.0 Å². The number of para-hydroxylation sites is 1. The van der Waals surface area contributed by atoms with Gasteiger partial charge in [0.15, 0.2) is 0 Å². The minimum Gasteiger partial charge on any atom is -0.350 e. The molecule has 0 aliphatic carbocycles. The molecule has 2 N–H and O–H groups in total. The molecule has 0 spiro atoms. The van der Waals surface area contributed by atoms with Crippen molar-refractivity contribution in [3.8, 4) is 0 Å². The zero-order chi connectivity index (χ0) is 26.3. The molecule has 0 aliphatic heterocycles. The van der Waals surface area contributed by atoms with Crippen LogP contribution in [0.1, 0.15) is 56.0 Å². The molecule has 0 unspecified atom stereocenters. The number of carbonyl (C=O) groups excluding carboxylic acids is 2. The average Bonchev–Trinajstić information content (AvgIpc) is 2.88. The maximum atomic E-state index is 13.6. The van der Waals surface area contributed by atoms with Crippen molar-refractivity contribution in [3.63, 3.8) is 0 Å². The first-order valence-corrected chi connectivity index (χ1v) is 13.4. The Morgan fingerprint density at radius 3 is 2.08 bits per heavy atom. The molecule has 0 heterocycles. The van der Waals surface area contributed by atoms with Crippen LogP contribution < -0.4 is 14.9 Å². The van der Waals surface area contributed by atoms with E-state index in [1.807, 2.05) is 26.0 Å². The largest absolute Gasteiger partial charge is 0.350 e. The lowest BCUT2D eigenvalue weighted by Crippen LogP contribution is -2.38. The molecule has 0 saturated heterocycles. The van der Waals surface area contributed by atoms with Crippen LogP contribution in [0.3, 0.4) is 0 Å². The molecular weight excluding hydrogens is 474 g/mol. The number of carbonyl (C=O) groups is 2. The van der Waals surface area contributed by atoms with Crippen molar-refractivity contribution in [1.29, 1.82) is 0 Å². The van der Waals surface area contributed by atoms with Crippen LogP contribution in [0.4, 0.5) is 11.4 Å². The highest BCUT2D eigenvalue weighted by molar-refractivity contribution is 7.92. The van der Waals surface area contributed by atoms with Crippen molar-refractivity contribution in [2.24, 2.45) is 0 Å². The number of nitrogens with zero attached hydrogens (tertiary/aromatic N) is 1. The lowest BCUT2D eigenvalue weighted by Gasteiger charge is -2.25. The van der Waals surface area contributed by atoms with Crippen LogP contribution in [0, 0.1) is 0 Å². The Morgan fingerprint density at radius 2 is 1.47 bits per heavy atom. The first kappa shape index (κ1) is 26.9. The number of rotatable bonds is 10. The zero-order valence-electron chi connectivity index (χ0n) is 21.1. The summed E-state index contributed by atoms with van der Waals surface area (Å²) in [5.41, 5.74) is 2.06. The minimum atomic E-state index is -4.03. The first-order chi connectivity index (χ1) is 17.1. The van der Waals surface area contributed by atoms with Gasteiger partial charge < -0.3 is 10.6 Å². The fourth-order valence-electron chi connectivity index (χ4n) is 3.57. The molecule has 190 valence electrons. The Labute approximate surface area is 213 Å². The minimum absolute atomic E-state index is 0.0263. The van der Waals surface area contributed by atoms with Gasteiger partial charge in [-0.15, -0.1) is 0 Å². The zero-order valence-corrected chi connectivity index (χ0v) is 21.9. The number of amides is 2. The molecule has 1 atom stereocenters. The van der Waals surface area contributed by atoms with Gasteiger partial charge in [-0.3, -0.25) is 13.9 Å². The van der Waals surface area contributed by atoms with Crippen LogP contribution in [0.25, 0.3) is 0 Å². The SMILES string of the molecule is CC[C@H](C)NC(=O)c1ccccc1NC(=O)CN(c1ccc(C(C)C)cc1)S(=O)(=O)c1ccccc1. The fraction of sp³-hybridized carbons (Fsp3) is 0.286. The summed E-state index contributed by atoms with van der Waals surface area (Å²) in [6.45, 7) is 7.51. The third-order valence-electron chi connectivity index (χ3n) is 5.90. The van der Waals surface area contributed by atoms with E-state index < -0.39 is 22.5 Å². The number of sulfonamides is 1. The summed E-state index contributed by atoms with van der Waals surface area (Å²) in [5.74, 6) is -0.593. The molecule has 0 bridgehead atoms.